The summed E-state index contributed by atoms with van der Waals surface area (Å²) in [6.45, 7) is 2.01. The Morgan fingerprint density at radius 3 is 2.37 bits per heavy atom. The number of Topliss-reactive ketones (excluding diaryl/α,β-unsaturated/α-hetero) is 1. The summed E-state index contributed by atoms with van der Waals surface area (Å²) in [5.74, 6) is -1.86. The highest BCUT2D eigenvalue weighted by molar-refractivity contribution is 5.97. The van der Waals surface area contributed by atoms with E-state index in [-0.39, 0.29) is 17.8 Å². The van der Waals surface area contributed by atoms with Crippen LogP contribution < -0.4 is 0 Å². The lowest BCUT2D eigenvalue weighted by molar-refractivity contribution is 0.0991. The maximum Gasteiger partial charge on any atom is 0.169 e. The SMILES string of the molecule is CCc1ccc(CC(=O)c2cc(F)cc(F)c2)nc1. The van der Waals surface area contributed by atoms with Crippen molar-refractivity contribution in [1.29, 1.82) is 0 Å². The summed E-state index contributed by atoms with van der Waals surface area (Å²) in [5, 5.41) is 0. The molecule has 0 fully saturated rings. The van der Waals surface area contributed by atoms with Crippen molar-refractivity contribution in [3.8, 4) is 0 Å². The molecule has 2 rings (SSSR count). The van der Waals surface area contributed by atoms with E-state index in [1.54, 1.807) is 12.3 Å². The van der Waals surface area contributed by atoms with E-state index >= 15 is 0 Å². The molecule has 1 heterocycles. The summed E-state index contributed by atoms with van der Waals surface area (Å²) in [6, 6.07) is 6.46. The highest BCUT2D eigenvalue weighted by Gasteiger charge is 2.10. The van der Waals surface area contributed by atoms with Gasteiger partial charge in [-0.2, -0.15) is 0 Å². The Morgan fingerprint density at radius 2 is 1.84 bits per heavy atom. The minimum absolute atomic E-state index is 0.0267. The van der Waals surface area contributed by atoms with Crippen molar-refractivity contribution in [2.24, 2.45) is 0 Å². The van der Waals surface area contributed by atoms with Crippen LogP contribution in [0.15, 0.2) is 36.5 Å². The summed E-state index contributed by atoms with van der Waals surface area (Å²) < 4.78 is 26.0. The first-order valence-electron chi connectivity index (χ1n) is 6.01. The third-order valence-electron chi connectivity index (χ3n) is 2.82. The third-order valence-corrected chi connectivity index (χ3v) is 2.82. The van der Waals surface area contributed by atoms with Crippen LogP contribution >= 0.6 is 0 Å². The number of nitrogens with zero attached hydrogens (tertiary/aromatic N) is 1. The average molecular weight is 261 g/mol. The number of carbonyl (C=O) groups is 1. The van der Waals surface area contributed by atoms with Gasteiger partial charge in [-0.05, 0) is 30.2 Å². The molecule has 2 nitrogen and oxygen atoms in total. The molecule has 0 saturated carbocycles. The van der Waals surface area contributed by atoms with Crippen LogP contribution in [0.2, 0.25) is 0 Å². The molecule has 1 aromatic heterocycles. The Hall–Kier alpha value is -2.10. The van der Waals surface area contributed by atoms with Crippen LogP contribution in [0, 0.1) is 11.6 Å². The number of pyridine rings is 1. The van der Waals surface area contributed by atoms with Crippen molar-refractivity contribution in [2.75, 3.05) is 0 Å². The predicted octanol–water partition coefficient (Wildman–Crippen LogP) is 3.35. The van der Waals surface area contributed by atoms with Gasteiger partial charge < -0.3 is 0 Å². The molecular formula is C15H13F2NO. The average Bonchev–Trinajstić information content (AvgIpc) is 2.38. The molecule has 0 aliphatic rings. The quantitative estimate of drug-likeness (QED) is 0.790. The van der Waals surface area contributed by atoms with Gasteiger partial charge in [0.2, 0.25) is 0 Å². The fourth-order valence-electron chi connectivity index (χ4n) is 1.75. The number of carbonyl (C=O) groups excluding carboxylic acids is 1. The predicted molar refractivity (Wildman–Crippen MR) is 68.0 cm³/mol. The van der Waals surface area contributed by atoms with Crippen molar-refractivity contribution < 1.29 is 13.6 Å². The molecule has 0 aliphatic heterocycles. The van der Waals surface area contributed by atoms with Gasteiger partial charge in [-0.3, -0.25) is 9.78 Å². The summed E-state index contributed by atoms with van der Waals surface area (Å²) in [4.78, 5) is 16.1. The normalized spacial score (nSPS) is 10.5. The van der Waals surface area contributed by atoms with Crippen LogP contribution in [0.4, 0.5) is 8.78 Å². The number of aryl methyl sites for hydroxylation is 1. The molecule has 4 heteroatoms. The molecule has 0 N–H and O–H groups in total. The number of hydrogen-bond donors (Lipinski definition) is 0. The van der Waals surface area contributed by atoms with Crippen molar-refractivity contribution in [1.82, 2.24) is 4.98 Å². The molecule has 0 spiro atoms. The maximum absolute atomic E-state index is 13.0. The number of aromatic nitrogens is 1. The van der Waals surface area contributed by atoms with Gasteiger partial charge in [0.1, 0.15) is 11.6 Å². The maximum atomic E-state index is 13.0. The van der Waals surface area contributed by atoms with Crippen molar-refractivity contribution in [3.63, 3.8) is 0 Å². The van der Waals surface area contributed by atoms with Gasteiger partial charge in [0.15, 0.2) is 5.78 Å². The molecular weight excluding hydrogens is 248 g/mol. The Labute approximate surface area is 110 Å². The van der Waals surface area contributed by atoms with Gasteiger partial charge in [0, 0.05) is 23.5 Å². The number of hydrogen-bond acceptors (Lipinski definition) is 2. The molecule has 0 bridgehead atoms. The standard InChI is InChI=1S/C15H13F2NO/c1-2-10-3-4-14(18-9-10)8-15(19)11-5-12(16)7-13(17)6-11/h3-7,9H,2,8H2,1H3. The Kier molecular flexibility index (Phi) is 4.00. The summed E-state index contributed by atoms with van der Waals surface area (Å²) in [7, 11) is 0. The fourth-order valence-corrected chi connectivity index (χ4v) is 1.75. The third kappa shape index (κ3) is 3.44. The molecule has 0 saturated heterocycles. The van der Waals surface area contributed by atoms with E-state index in [0.29, 0.717) is 5.69 Å². The smallest absolute Gasteiger partial charge is 0.169 e. The highest BCUT2D eigenvalue weighted by Crippen LogP contribution is 2.11. The van der Waals surface area contributed by atoms with E-state index in [1.807, 2.05) is 13.0 Å². The molecule has 2 aromatic rings. The first-order valence-corrected chi connectivity index (χ1v) is 6.01. The molecule has 19 heavy (non-hydrogen) atoms. The van der Waals surface area contributed by atoms with E-state index in [9.17, 15) is 13.6 Å². The number of halogens is 2. The minimum atomic E-state index is -0.752. The zero-order chi connectivity index (χ0) is 13.8. The Bertz CT molecular complexity index is 573. The Balaban J connectivity index is 2.15. The lowest BCUT2D eigenvalue weighted by atomic mass is 10.1. The second kappa shape index (κ2) is 5.69. The van der Waals surface area contributed by atoms with Crippen LogP contribution in [-0.4, -0.2) is 10.8 Å². The lowest BCUT2D eigenvalue weighted by Gasteiger charge is -2.03. The summed E-state index contributed by atoms with van der Waals surface area (Å²) in [5.41, 5.74) is 1.69. The van der Waals surface area contributed by atoms with E-state index in [1.165, 1.54) is 0 Å². The number of benzene rings is 1. The van der Waals surface area contributed by atoms with Crippen LogP contribution in [0.5, 0.6) is 0 Å². The van der Waals surface area contributed by atoms with Gasteiger partial charge in [0.25, 0.3) is 0 Å². The Morgan fingerprint density at radius 1 is 1.16 bits per heavy atom. The molecule has 0 unspecified atom stereocenters. The van der Waals surface area contributed by atoms with E-state index in [4.69, 9.17) is 0 Å². The monoisotopic (exact) mass is 261 g/mol. The molecule has 0 atom stereocenters. The van der Waals surface area contributed by atoms with E-state index < -0.39 is 11.6 Å². The first-order chi connectivity index (χ1) is 9.08. The number of ketones is 1. The zero-order valence-electron chi connectivity index (χ0n) is 10.5. The topological polar surface area (TPSA) is 30.0 Å². The zero-order valence-corrected chi connectivity index (χ0v) is 10.5. The highest BCUT2D eigenvalue weighted by atomic mass is 19.1. The van der Waals surface area contributed by atoms with Crippen LogP contribution in [0.1, 0.15) is 28.5 Å². The first kappa shape index (κ1) is 13.3. The van der Waals surface area contributed by atoms with Crippen molar-refractivity contribution in [2.45, 2.75) is 19.8 Å². The fraction of sp³-hybridized carbons (Fsp3) is 0.200. The molecule has 98 valence electrons. The van der Waals surface area contributed by atoms with E-state index in [2.05, 4.69) is 4.98 Å². The largest absolute Gasteiger partial charge is 0.294 e. The van der Waals surface area contributed by atoms with Gasteiger partial charge in [-0.15, -0.1) is 0 Å². The van der Waals surface area contributed by atoms with Gasteiger partial charge in [-0.1, -0.05) is 13.0 Å². The second-order valence-electron chi connectivity index (χ2n) is 4.27. The van der Waals surface area contributed by atoms with Gasteiger partial charge in [-0.25, -0.2) is 8.78 Å². The molecule has 0 radical (unpaired) electrons. The number of rotatable bonds is 4. The minimum Gasteiger partial charge on any atom is -0.294 e. The molecule has 0 aliphatic carbocycles. The van der Waals surface area contributed by atoms with Crippen LogP contribution in [0.3, 0.4) is 0 Å². The molecule has 1 aromatic carbocycles. The van der Waals surface area contributed by atoms with Crippen molar-refractivity contribution in [3.05, 3.63) is 65.0 Å². The van der Waals surface area contributed by atoms with Crippen LogP contribution in [0.25, 0.3) is 0 Å². The second-order valence-corrected chi connectivity index (χ2v) is 4.27. The van der Waals surface area contributed by atoms with Crippen LogP contribution in [-0.2, 0) is 12.8 Å². The summed E-state index contributed by atoms with van der Waals surface area (Å²) >= 11 is 0. The van der Waals surface area contributed by atoms with Gasteiger partial charge in [0.05, 0.1) is 6.42 Å². The lowest BCUT2D eigenvalue weighted by Crippen LogP contribution is -2.06. The molecule has 0 amide bonds. The van der Waals surface area contributed by atoms with E-state index in [0.717, 1.165) is 30.2 Å². The van der Waals surface area contributed by atoms with Gasteiger partial charge >= 0.3 is 0 Å². The summed E-state index contributed by atoms with van der Waals surface area (Å²) in [6.07, 6.45) is 2.61. The van der Waals surface area contributed by atoms with Crippen molar-refractivity contribution >= 4 is 5.78 Å².